The van der Waals surface area contributed by atoms with E-state index in [1.54, 1.807) is 24.7 Å². The second-order valence-corrected chi connectivity index (χ2v) is 10.2. The minimum Gasteiger partial charge on any atom is -0.379 e. The largest absolute Gasteiger partial charge is 0.379 e. The van der Waals surface area contributed by atoms with E-state index >= 15 is 0 Å². The molecule has 2 aromatic rings. The van der Waals surface area contributed by atoms with Crippen molar-refractivity contribution in [1.82, 2.24) is 19.2 Å². The number of anilines is 1. The molecule has 2 aliphatic rings. The minimum atomic E-state index is -3.02. The van der Waals surface area contributed by atoms with Crippen molar-refractivity contribution in [2.24, 2.45) is 0 Å². The standard InChI is InChI=1S/C24H34F2N5O2P/c1-4-22(32)30-9-10-33-19(15-30)14-29-7-5-18(6-8-29)28-20-11-17(24(25,26)34)13-31-21(16(2)3)12-27-23(20)31/h4,11-13,16,18-19,28H,1,5-10,14-15,34H2,2-3H3/t19-/m1/s1. The third kappa shape index (κ3) is 5.58. The number of likely N-dealkylation sites (tertiary alicyclic amines) is 1. The maximum atomic E-state index is 14.2. The molecule has 2 aliphatic heterocycles. The number of hydrogen-bond acceptors (Lipinski definition) is 5. The van der Waals surface area contributed by atoms with Gasteiger partial charge in [0.25, 0.3) is 5.66 Å². The molecule has 1 unspecified atom stereocenters. The Morgan fingerprint density at radius 1 is 1.38 bits per heavy atom. The topological polar surface area (TPSA) is 62.1 Å². The van der Waals surface area contributed by atoms with E-state index in [9.17, 15) is 13.6 Å². The number of carbonyl (C=O) groups is 1. The highest BCUT2D eigenvalue weighted by atomic mass is 31.0. The summed E-state index contributed by atoms with van der Waals surface area (Å²) in [6.45, 7) is 11.8. The first-order chi connectivity index (χ1) is 16.2. The highest BCUT2D eigenvalue weighted by Crippen LogP contribution is 2.38. The number of amides is 1. The Kier molecular flexibility index (Phi) is 7.55. The number of carbonyl (C=O) groups excluding carboxylic acids is 1. The van der Waals surface area contributed by atoms with E-state index in [-0.39, 0.29) is 29.5 Å². The zero-order valence-electron chi connectivity index (χ0n) is 19.8. The van der Waals surface area contributed by atoms with Gasteiger partial charge in [-0.2, -0.15) is 8.78 Å². The predicted octanol–water partition coefficient (Wildman–Crippen LogP) is 3.67. The molecule has 7 nitrogen and oxygen atoms in total. The number of pyridine rings is 1. The second-order valence-electron chi connectivity index (χ2n) is 9.50. The van der Waals surface area contributed by atoms with E-state index in [1.165, 1.54) is 18.3 Å². The monoisotopic (exact) mass is 493 g/mol. The summed E-state index contributed by atoms with van der Waals surface area (Å²) in [5.74, 6) is 0.111. The number of morpholine rings is 1. The summed E-state index contributed by atoms with van der Waals surface area (Å²) >= 11 is 0. The van der Waals surface area contributed by atoms with Crippen molar-refractivity contribution in [3.8, 4) is 0 Å². The fourth-order valence-corrected chi connectivity index (χ4v) is 4.91. The maximum Gasteiger partial charge on any atom is 0.285 e. The van der Waals surface area contributed by atoms with Gasteiger partial charge in [-0.3, -0.25) is 4.79 Å². The van der Waals surface area contributed by atoms with Crippen LogP contribution in [0.5, 0.6) is 0 Å². The van der Waals surface area contributed by atoms with Crippen molar-refractivity contribution < 1.29 is 18.3 Å². The van der Waals surface area contributed by atoms with Crippen molar-refractivity contribution in [1.29, 1.82) is 0 Å². The van der Waals surface area contributed by atoms with Gasteiger partial charge in [-0.25, -0.2) is 4.98 Å². The van der Waals surface area contributed by atoms with Gasteiger partial charge in [0, 0.05) is 62.4 Å². The quantitative estimate of drug-likeness (QED) is 0.471. The molecule has 0 aromatic carbocycles. The van der Waals surface area contributed by atoms with Gasteiger partial charge < -0.3 is 24.3 Å². The first kappa shape index (κ1) is 25.0. The van der Waals surface area contributed by atoms with Crippen LogP contribution in [0.4, 0.5) is 14.5 Å². The van der Waals surface area contributed by atoms with Crippen LogP contribution in [-0.2, 0) is 15.2 Å². The molecule has 4 rings (SSSR count). The van der Waals surface area contributed by atoms with E-state index in [0.29, 0.717) is 31.0 Å². The van der Waals surface area contributed by atoms with E-state index in [0.717, 1.165) is 38.2 Å². The molecule has 1 amide bonds. The average Bonchev–Trinajstić information content (AvgIpc) is 3.24. The van der Waals surface area contributed by atoms with Gasteiger partial charge in [0.1, 0.15) is 0 Å². The van der Waals surface area contributed by atoms with Crippen molar-refractivity contribution in [3.63, 3.8) is 0 Å². The normalized spacial score (nSPS) is 20.8. The zero-order valence-corrected chi connectivity index (χ0v) is 21.0. The molecule has 2 fully saturated rings. The van der Waals surface area contributed by atoms with Crippen molar-refractivity contribution in [2.75, 3.05) is 44.6 Å². The molecule has 0 spiro atoms. The summed E-state index contributed by atoms with van der Waals surface area (Å²) in [5.41, 5.74) is -0.864. The molecule has 2 atom stereocenters. The molecular formula is C24H34F2N5O2P. The summed E-state index contributed by atoms with van der Waals surface area (Å²) in [5, 5.41) is 3.49. The van der Waals surface area contributed by atoms with Crippen LogP contribution in [0, 0.1) is 0 Å². The Morgan fingerprint density at radius 3 is 2.76 bits per heavy atom. The van der Waals surface area contributed by atoms with Crippen molar-refractivity contribution in [3.05, 3.63) is 42.4 Å². The van der Waals surface area contributed by atoms with Crippen LogP contribution in [0.15, 0.2) is 31.1 Å². The third-order valence-corrected chi connectivity index (χ3v) is 6.98. The number of fused-ring (bicyclic) bond motifs is 1. The van der Waals surface area contributed by atoms with Gasteiger partial charge in [-0.05, 0) is 30.9 Å². The zero-order chi connectivity index (χ0) is 24.5. The van der Waals surface area contributed by atoms with Gasteiger partial charge in [0.05, 0.1) is 18.4 Å². The van der Waals surface area contributed by atoms with Gasteiger partial charge in [-0.1, -0.05) is 29.7 Å². The average molecular weight is 494 g/mol. The number of alkyl halides is 2. The molecular weight excluding hydrogens is 459 g/mol. The maximum absolute atomic E-state index is 14.2. The van der Waals surface area contributed by atoms with Crippen LogP contribution in [0.2, 0.25) is 0 Å². The first-order valence-electron chi connectivity index (χ1n) is 11.9. The number of ether oxygens (including phenoxy) is 1. The lowest BCUT2D eigenvalue weighted by Gasteiger charge is -2.38. The molecule has 0 aliphatic carbocycles. The molecule has 0 bridgehead atoms. The Morgan fingerprint density at radius 2 is 2.12 bits per heavy atom. The van der Waals surface area contributed by atoms with E-state index in [1.807, 2.05) is 13.8 Å². The van der Waals surface area contributed by atoms with E-state index < -0.39 is 5.66 Å². The molecule has 186 valence electrons. The van der Waals surface area contributed by atoms with Crippen LogP contribution in [0.25, 0.3) is 5.65 Å². The van der Waals surface area contributed by atoms with Gasteiger partial charge in [-0.15, -0.1) is 0 Å². The number of nitrogens with one attached hydrogen (secondary N) is 1. The number of hydrogen-bond donors (Lipinski definition) is 1. The molecule has 4 heterocycles. The molecule has 2 aromatic heterocycles. The Hall–Kier alpha value is -2.09. The number of nitrogens with zero attached hydrogens (tertiary/aromatic N) is 4. The van der Waals surface area contributed by atoms with Crippen molar-refractivity contribution in [2.45, 2.75) is 50.4 Å². The Labute approximate surface area is 201 Å². The number of rotatable bonds is 7. The SMILES string of the molecule is C=CC(=O)N1CCO[C@H](CN2CCC(Nc3cc(C(F)(F)P)cn4c(C(C)C)cnc34)CC2)C1. The summed E-state index contributed by atoms with van der Waals surface area (Å²) < 4.78 is 36.1. The molecule has 10 heteroatoms. The summed E-state index contributed by atoms with van der Waals surface area (Å²) in [7, 11) is 1.63. The summed E-state index contributed by atoms with van der Waals surface area (Å²) in [4.78, 5) is 20.6. The van der Waals surface area contributed by atoms with Gasteiger partial charge in [0.15, 0.2) is 5.65 Å². The van der Waals surface area contributed by atoms with Crippen LogP contribution >= 0.6 is 9.24 Å². The fourth-order valence-electron chi connectivity index (χ4n) is 4.75. The molecule has 0 radical (unpaired) electrons. The number of piperidine rings is 1. The van der Waals surface area contributed by atoms with Crippen LogP contribution in [0.1, 0.15) is 43.9 Å². The van der Waals surface area contributed by atoms with Gasteiger partial charge in [0.2, 0.25) is 5.91 Å². The van der Waals surface area contributed by atoms with E-state index in [2.05, 4.69) is 21.8 Å². The Balaban J connectivity index is 1.41. The minimum absolute atomic E-state index is 0.0119. The highest BCUT2D eigenvalue weighted by molar-refractivity contribution is 7.17. The number of imidazole rings is 1. The van der Waals surface area contributed by atoms with Crippen LogP contribution < -0.4 is 5.32 Å². The second kappa shape index (κ2) is 10.3. The lowest BCUT2D eigenvalue weighted by atomic mass is 10.0. The molecule has 34 heavy (non-hydrogen) atoms. The predicted molar refractivity (Wildman–Crippen MR) is 132 cm³/mol. The number of halogens is 2. The van der Waals surface area contributed by atoms with Crippen LogP contribution in [0.3, 0.4) is 0 Å². The number of aromatic nitrogens is 2. The van der Waals surface area contributed by atoms with Gasteiger partial charge >= 0.3 is 0 Å². The first-order valence-corrected chi connectivity index (χ1v) is 12.4. The van der Waals surface area contributed by atoms with Crippen molar-refractivity contribution >= 4 is 26.5 Å². The lowest BCUT2D eigenvalue weighted by molar-refractivity contribution is -0.134. The molecule has 1 N–H and O–H groups in total. The fraction of sp³-hybridized carbons (Fsp3) is 0.583. The summed E-state index contributed by atoms with van der Waals surface area (Å²) in [6, 6.07) is 1.69. The van der Waals surface area contributed by atoms with Crippen LogP contribution in [-0.4, -0.2) is 76.6 Å². The lowest BCUT2D eigenvalue weighted by Crippen LogP contribution is -2.51. The van der Waals surface area contributed by atoms with E-state index in [4.69, 9.17) is 4.74 Å². The highest BCUT2D eigenvalue weighted by Gasteiger charge is 2.29. The molecule has 2 saturated heterocycles. The molecule has 0 saturated carbocycles. The Bertz CT molecular complexity index is 1030. The third-order valence-electron chi connectivity index (χ3n) is 6.64. The summed E-state index contributed by atoms with van der Waals surface area (Å²) in [6.07, 6.45) is 6.36. The smallest absolute Gasteiger partial charge is 0.285 e.